The molecule has 0 rings (SSSR count). The van der Waals surface area contributed by atoms with Crippen LogP contribution in [-0.2, 0) is 0 Å². The van der Waals surface area contributed by atoms with Gasteiger partial charge in [-0.05, 0) is 12.3 Å². The van der Waals surface area contributed by atoms with Gasteiger partial charge in [0.2, 0.25) is 0 Å². The molecule has 0 aliphatic rings. The minimum absolute atomic E-state index is 0.0346. The number of carbonyl (C=O) groups is 1. The molecule has 4 N–H and O–H groups in total. The Morgan fingerprint density at radius 3 is 2.46 bits per heavy atom. The van der Waals surface area contributed by atoms with E-state index < -0.39 is 0 Å². The van der Waals surface area contributed by atoms with E-state index in [2.05, 4.69) is 10.6 Å². The summed E-state index contributed by atoms with van der Waals surface area (Å²) in [5, 5.41) is 5.44. The first-order valence-corrected chi connectivity index (χ1v) is 4.85. The lowest BCUT2D eigenvalue weighted by atomic mass is 10.1. The highest BCUT2D eigenvalue weighted by atomic mass is 16.2. The summed E-state index contributed by atoms with van der Waals surface area (Å²) in [6.45, 7) is 7.34. The van der Waals surface area contributed by atoms with E-state index in [0.29, 0.717) is 19.0 Å². The molecular weight excluding hydrogens is 166 g/mol. The Morgan fingerprint density at radius 1 is 1.38 bits per heavy atom. The Labute approximate surface area is 80.3 Å². The first-order chi connectivity index (χ1) is 6.07. The van der Waals surface area contributed by atoms with Gasteiger partial charge in [-0.25, -0.2) is 4.79 Å². The summed E-state index contributed by atoms with van der Waals surface area (Å²) in [6.07, 6.45) is 0.948. The molecule has 1 unspecified atom stereocenters. The van der Waals surface area contributed by atoms with E-state index in [1.165, 1.54) is 0 Å². The van der Waals surface area contributed by atoms with Crippen LogP contribution in [0.5, 0.6) is 0 Å². The second-order valence-electron chi connectivity index (χ2n) is 3.54. The van der Waals surface area contributed by atoms with Gasteiger partial charge in [-0.3, -0.25) is 0 Å². The maximum absolute atomic E-state index is 11.1. The summed E-state index contributed by atoms with van der Waals surface area (Å²) in [5.41, 5.74) is 5.75. The average Bonchev–Trinajstić information content (AvgIpc) is 2.10. The highest BCUT2D eigenvalue weighted by Crippen LogP contribution is 1.95. The zero-order valence-corrected chi connectivity index (χ0v) is 8.76. The second kappa shape index (κ2) is 6.71. The van der Waals surface area contributed by atoms with Crippen molar-refractivity contribution in [2.75, 3.05) is 13.1 Å². The van der Waals surface area contributed by atoms with Crippen LogP contribution >= 0.6 is 0 Å². The van der Waals surface area contributed by atoms with Gasteiger partial charge in [-0.2, -0.15) is 0 Å². The number of hydrogen-bond acceptors (Lipinski definition) is 2. The first-order valence-electron chi connectivity index (χ1n) is 4.85. The number of amides is 2. The monoisotopic (exact) mass is 187 g/mol. The Hall–Kier alpha value is -0.770. The SMILES string of the molecule is CCCNC(=O)NCC(N)C(C)C. The number of nitrogens with one attached hydrogen (secondary N) is 2. The summed E-state index contributed by atoms with van der Waals surface area (Å²) in [5.74, 6) is 0.395. The third kappa shape index (κ3) is 6.40. The van der Waals surface area contributed by atoms with Gasteiger partial charge in [0.15, 0.2) is 0 Å². The largest absolute Gasteiger partial charge is 0.338 e. The zero-order valence-electron chi connectivity index (χ0n) is 8.76. The van der Waals surface area contributed by atoms with Gasteiger partial charge >= 0.3 is 6.03 Å². The topological polar surface area (TPSA) is 67.2 Å². The zero-order chi connectivity index (χ0) is 10.3. The minimum atomic E-state index is -0.127. The highest BCUT2D eigenvalue weighted by molar-refractivity contribution is 5.73. The Balaban J connectivity index is 3.46. The fourth-order valence-corrected chi connectivity index (χ4v) is 0.747. The molecule has 4 nitrogen and oxygen atoms in total. The maximum Gasteiger partial charge on any atom is 0.314 e. The lowest BCUT2D eigenvalue weighted by Gasteiger charge is -2.16. The van der Waals surface area contributed by atoms with E-state index in [0.717, 1.165) is 6.42 Å². The highest BCUT2D eigenvalue weighted by Gasteiger charge is 2.08. The molecule has 0 fully saturated rings. The molecule has 13 heavy (non-hydrogen) atoms. The molecule has 0 radical (unpaired) electrons. The van der Waals surface area contributed by atoms with Crippen molar-refractivity contribution in [3.8, 4) is 0 Å². The third-order valence-corrected chi connectivity index (χ3v) is 1.89. The van der Waals surface area contributed by atoms with E-state index in [1.807, 2.05) is 20.8 Å². The Bertz CT molecular complexity index is 148. The molecule has 0 aromatic rings. The number of urea groups is 1. The van der Waals surface area contributed by atoms with E-state index in [4.69, 9.17) is 5.73 Å². The fraction of sp³-hybridized carbons (Fsp3) is 0.889. The molecule has 0 saturated carbocycles. The van der Waals surface area contributed by atoms with Crippen molar-refractivity contribution in [1.29, 1.82) is 0 Å². The van der Waals surface area contributed by atoms with Gasteiger partial charge in [0, 0.05) is 19.1 Å². The predicted molar refractivity (Wildman–Crippen MR) is 54.5 cm³/mol. The summed E-state index contributed by atoms with van der Waals surface area (Å²) in [6, 6.07) is -0.0923. The van der Waals surface area contributed by atoms with Crippen LogP contribution in [0.2, 0.25) is 0 Å². The molecule has 0 saturated heterocycles. The van der Waals surface area contributed by atoms with Crippen LogP contribution in [0.25, 0.3) is 0 Å². The van der Waals surface area contributed by atoms with Gasteiger partial charge in [-0.1, -0.05) is 20.8 Å². The second-order valence-corrected chi connectivity index (χ2v) is 3.54. The van der Waals surface area contributed by atoms with Crippen molar-refractivity contribution in [1.82, 2.24) is 10.6 Å². The van der Waals surface area contributed by atoms with Crippen molar-refractivity contribution < 1.29 is 4.79 Å². The van der Waals surface area contributed by atoms with Gasteiger partial charge in [0.05, 0.1) is 0 Å². The summed E-state index contributed by atoms with van der Waals surface area (Å²) >= 11 is 0. The molecule has 2 amide bonds. The summed E-state index contributed by atoms with van der Waals surface area (Å²) in [4.78, 5) is 11.1. The molecule has 4 heteroatoms. The maximum atomic E-state index is 11.1. The van der Waals surface area contributed by atoms with Gasteiger partial charge < -0.3 is 16.4 Å². The quantitative estimate of drug-likeness (QED) is 0.592. The molecule has 0 aliphatic carbocycles. The molecule has 0 aromatic carbocycles. The van der Waals surface area contributed by atoms with Crippen molar-refractivity contribution in [2.24, 2.45) is 11.7 Å². The normalized spacial score (nSPS) is 12.7. The van der Waals surface area contributed by atoms with Gasteiger partial charge in [-0.15, -0.1) is 0 Å². The summed E-state index contributed by atoms with van der Waals surface area (Å²) in [7, 11) is 0. The number of hydrogen-bond donors (Lipinski definition) is 3. The molecule has 0 aliphatic heterocycles. The lowest BCUT2D eigenvalue weighted by Crippen LogP contribution is -2.44. The Morgan fingerprint density at radius 2 is 2.00 bits per heavy atom. The van der Waals surface area contributed by atoms with Crippen LogP contribution in [0, 0.1) is 5.92 Å². The molecular formula is C9H21N3O. The van der Waals surface area contributed by atoms with Gasteiger partial charge in [0.25, 0.3) is 0 Å². The lowest BCUT2D eigenvalue weighted by molar-refractivity contribution is 0.239. The molecule has 1 atom stereocenters. The fourth-order valence-electron chi connectivity index (χ4n) is 0.747. The molecule has 0 spiro atoms. The van der Waals surface area contributed by atoms with E-state index in [1.54, 1.807) is 0 Å². The standard InChI is InChI=1S/C9H21N3O/c1-4-5-11-9(13)12-6-8(10)7(2)3/h7-8H,4-6,10H2,1-3H3,(H2,11,12,13). The molecule has 78 valence electrons. The van der Waals surface area contributed by atoms with Crippen LogP contribution in [0.3, 0.4) is 0 Å². The predicted octanol–water partition coefficient (Wildman–Crippen LogP) is 0.679. The number of carbonyl (C=O) groups excluding carboxylic acids is 1. The van der Waals surface area contributed by atoms with Crippen LogP contribution in [-0.4, -0.2) is 25.2 Å². The van der Waals surface area contributed by atoms with Crippen LogP contribution in [0.4, 0.5) is 4.79 Å². The van der Waals surface area contributed by atoms with Gasteiger partial charge in [0.1, 0.15) is 0 Å². The van der Waals surface area contributed by atoms with Crippen molar-refractivity contribution >= 4 is 6.03 Å². The summed E-state index contributed by atoms with van der Waals surface area (Å²) < 4.78 is 0. The number of nitrogens with two attached hydrogens (primary N) is 1. The first kappa shape index (κ1) is 12.2. The minimum Gasteiger partial charge on any atom is -0.338 e. The Kier molecular flexibility index (Phi) is 6.32. The molecule has 0 bridgehead atoms. The molecule has 0 aromatic heterocycles. The number of rotatable bonds is 5. The van der Waals surface area contributed by atoms with Crippen molar-refractivity contribution in [3.63, 3.8) is 0 Å². The van der Waals surface area contributed by atoms with E-state index in [9.17, 15) is 4.79 Å². The van der Waals surface area contributed by atoms with Crippen LogP contribution in [0.1, 0.15) is 27.2 Å². The molecule has 0 heterocycles. The van der Waals surface area contributed by atoms with Crippen LogP contribution in [0.15, 0.2) is 0 Å². The smallest absolute Gasteiger partial charge is 0.314 e. The van der Waals surface area contributed by atoms with Crippen molar-refractivity contribution in [2.45, 2.75) is 33.2 Å². The van der Waals surface area contributed by atoms with Crippen LogP contribution < -0.4 is 16.4 Å². The average molecular weight is 187 g/mol. The van der Waals surface area contributed by atoms with E-state index in [-0.39, 0.29) is 12.1 Å². The van der Waals surface area contributed by atoms with Crippen molar-refractivity contribution in [3.05, 3.63) is 0 Å². The van der Waals surface area contributed by atoms with E-state index >= 15 is 0 Å². The third-order valence-electron chi connectivity index (χ3n) is 1.89.